The second-order valence-corrected chi connectivity index (χ2v) is 6.70. The largest absolute Gasteiger partial charge is 0.347 e. The molecule has 0 unspecified atom stereocenters. The van der Waals surface area contributed by atoms with E-state index in [1.165, 1.54) is 21.8 Å². The topological polar surface area (TPSA) is 33.5 Å². The van der Waals surface area contributed by atoms with Gasteiger partial charge in [0.15, 0.2) is 0 Å². The third-order valence-corrected chi connectivity index (χ3v) is 4.06. The Morgan fingerprint density at radius 2 is 1.80 bits per heavy atom. The highest BCUT2D eigenvalue weighted by Crippen LogP contribution is 2.21. The van der Waals surface area contributed by atoms with Gasteiger partial charge in [0.1, 0.15) is 6.54 Å². The van der Waals surface area contributed by atoms with Gasteiger partial charge in [0.25, 0.3) is 5.91 Å². The van der Waals surface area contributed by atoms with E-state index >= 15 is 0 Å². The van der Waals surface area contributed by atoms with Gasteiger partial charge in [-0.3, -0.25) is 4.79 Å². The van der Waals surface area contributed by atoms with Crippen LogP contribution < -0.4 is 10.2 Å². The van der Waals surface area contributed by atoms with Gasteiger partial charge in [-0.25, -0.2) is 0 Å². The molecule has 2 rings (SSSR count). The molecule has 2 N–H and O–H groups in total. The number of quaternary nitrogens is 1. The molecule has 0 radical (unpaired) electrons. The normalized spacial score (nSPS) is 10.8. The summed E-state index contributed by atoms with van der Waals surface area (Å²) in [6.07, 6.45) is 0. The van der Waals surface area contributed by atoms with Crippen molar-refractivity contribution in [2.24, 2.45) is 0 Å². The van der Waals surface area contributed by atoms with Gasteiger partial charge >= 0.3 is 0 Å². The van der Waals surface area contributed by atoms with Gasteiger partial charge in [-0.2, -0.15) is 0 Å². The molecule has 0 spiro atoms. The summed E-state index contributed by atoms with van der Waals surface area (Å²) in [5, 5.41) is 2.90. The van der Waals surface area contributed by atoms with E-state index in [9.17, 15) is 4.79 Å². The Morgan fingerprint density at radius 3 is 2.35 bits per heavy atom. The van der Waals surface area contributed by atoms with Crippen molar-refractivity contribution in [3.8, 4) is 0 Å². The summed E-state index contributed by atoms with van der Waals surface area (Å²) in [5.41, 5.74) is 2.39. The van der Waals surface area contributed by atoms with Crippen LogP contribution in [0.5, 0.6) is 0 Å². The Hall–Kier alpha value is -1.36. The summed E-state index contributed by atoms with van der Waals surface area (Å²) < 4.78 is 0.630. The molecular weight excluding hydrogens is 292 g/mol. The number of amides is 1. The zero-order valence-electron chi connectivity index (χ0n) is 11.6. The van der Waals surface area contributed by atoms with E-state index in [0.29, 0.717) is 15.8 Å². The monoisotopic (exact) mass is 309 g/mol. The fourth-order valence-electron chi connectivity index (χ4n) is 1.89. The number of carbonyl (C=O) groups is 1. The zero-order chi connectivity index (χ0) is 14.5. The smallest absolute Gasteiger partial charge is 0.261 e. The number of thiophene rings is 1. The Balaban J connectivity index is 1.89. The Labute approximate surface area is 128 Å². The van der Waals surface area contributed by atoms with Crippen LogP contribution in [0.4, 0.5) is 0 Å². The lowest BCUT2D eigenvalue weighted by Gasteiger charge is -2.08. The molecule has 2 aromatic rings. The van der Waals surface area contributed by atoms with Crippen molar-refractivity contribution in [2.75, 3.05) is 14.1 Å². The van der Waals surface area contributed by atoms with E-state index < -0.39 is 0 Å². The van der Waals surface area contributed by atoms with Gasteiger partial charge in [-0.05, 0) is 17.7 Å². The lowest BCUT2D eigenvalue weighted by molar-refractivity contribution is -0.872. The third kappa shape index (κ3) is 4.34. The van der Waals surface area contributed by atoms with Crippen LogP contribution in [0.3, 0.4) is 0 Å². The molecule has 0 saturated heterocycles. The minimum absolute atomic E-state index is 0.0799. The number of halogens is 1. The molecule has 0 aliphatic rings. The standard InChI is InChI=1S/C15H17ClN2OS/c1-18(2)10-12-5-3-11(4-6-12)9-17-15(19)13-7-8-14(16)20-13/h3-8H,9-10H2,1-2H3,(H,17,19)/p+1. The average Bonchev–Trinajstić information content (AvgIpc) is 2.84. The van der Waals surface area contributed by atoms with E-state index in [1.54, 1.807) is 12.1 Å². The molecule has 0 bridgehead atoms. The number of hydrogen-bond donors (Lipinski definition) is 2. The first-order chi connectivity index (χ1) is 9.54. The molecule has 106 valence electrons. The first-order valence-corrected chi connectivity index (χ1v) is 7.64. The summed E-state index contributed by atoms with van der Waals surface area (Å²) in [5.74, 6) is -0.0799. The fraction of sp³-hybridized carbons (Fsp3) is 0.267. The molecule has 1 aromatic heterocycles. The number of rotatable bonds is 5. The van der Waals surface area contributed by atoms with Crippen molar-refractivity contribution in [1.82, 2.24) is 5.32 Å². The molecule has 1 amide bonds. The molecule has 1 heterocycles. The van der Waals surface area contributed by atoms with Crippen molar-refractivity contribution in [2.45, 2.75) is 13.1 Å². The van der Waals surface area contributed by atoms with Gasteiger partial charge in [-0.15, -0.1) is 11.3 Å². The maximum absolute atomic E-state index is 11.9. The average molecular weight is 310 g/mol. The van der Waals surface area contributed by atoms with Crippen LogP contribution in [0.25, 0.3) is 0 Å². The van der Waals surface area contributed by atoms with E-state index in [-0.39, 0.29) is 5.91 Å². The van der Waals surface area contributed by atoms with Crippen LogP contribution in [0, 0.1) is 0 Å². The molecule has 3 nitrogen and oxygen atoms in total. The molecule has 0 fully saturated rings. The highest BCUT2D eigenvalue weighted by Gasteiger charge is 2.08. The lowest BCUT2D eigenvalue weighted by atomic mass is 10.1. The van der Waals surface area contributed by atoms with E-state index in [1.807, 2.05) is 0 Å². The maximum atomic E-state index is 11.9. The molecule has 20 heavy (non-hydrogen) atoms. The Morgan fingerprint density at radius 1 is 1.15 bits per heavy atom. The summed E-state index contributed by atoms with van der Waals surface area (Å²) in [4.78, 5) is 13.9. The molecule has 5 heteroatoms. The van der Waals surface area contributed by atoms with Crippen molar-refractivity contribution in [3.63, 3.8) is 0 Å². The SMILES string of the molecule is C[NH+](C)Cc1ccc(CNC(=O)c2ccc(Cl)s2)cc1. The van der Waals surface area contributed by atoms with Gasteiger partial charge in [0, 0.05) is 12.1 Å². The summed E-state index contributed by atoms with van der Waals surface area (Å²) in [6, 6.07) is 11.8. The predicted molar refractivity (Wildman–Crippen MR) is 83.5 cm³/mol. The lowest BCUT2D eigenvalue weighted by Crippen LogP contribution is -3.04. The number of carbonyl (C=O) groups excluding carboxylic acids is 1. The zero-order valence-corrected chi connectivity index (χ0v) is 13.1. The van der Waals surface area contributed by atoms with Crippen molar-refractivity contribution >= 4 is 28.8 Å². The fourth-order valence-corrected chi connectivity index (χ4v) is 2.85. The van der Waals surface area contributed by atoms with Gasteiger partial charge in [0.2, 0.25) is 0 Å². The second-order valence-electron chi connectivity index (χ2n) is 4.99. The predicted octanol–water partition coefficient (Wildman–Crippen LogP) is 1.98. The van der Waals surface area contributed by atoms with Gasteiger partial charge < -0.3 is 10.2 Å². The highest BCUT2D eigenvalue weighted by molar-refractivity contribution is 7.17. The van der Waals surface area contributed by atoms with Crippen LogP contribution >= 0.6 is 22.9 Å². The van der Waals surface area contributed by atoms with Crippen molar-refractivity contribution < 1.29 is 9.69 Å². The molecule has 0 saturated carbocycles. The first-order valence-electron chi connectivity index (χ1n) is 6.45. The van der Waals surface area contributed by atoms with Gasteiger partial charge in [-0.1, -0.05) is 35.9 Å². The summed E-state index contributed by atoms with van der Waals surface area (Å²) >= 11 is 7.11. The Kier molecular flexibility index (Phi) is 5.17. The maximum Gasteiger partial charge on any atom is 0.261 e. The summed E-state index contributed by atoms with van der Waals surface area (Å²) in [7, 11) is 4.25. The minimum atomic E-state index is -0.0799. The number of nitrogens with one attached hydrogen (secondary N) is 2. The molecular formula is C15H18ClN2OS+. The third-order valence-electron chi connectivity index (χ3n) is 2.83. The Bertz CT molecular complexity index is 578. The quantitative estimate of drug-likeness (QED) is 0.870. The van der Waals surface area contributed by atoms with Crippen LogP contribution in [-0.2, 0) is 13.1 Å². The van der Waals surface area contributed by atoms with E-state index in [2.05, 4.69) is 43.7 Å². The highest BCUT2D eigenvalue weighted by atomic mass is 35.5. The molecule has 1 aromatic carbocycles. The first kappa shape index (κ1) is 15.0. The van der Waals surface area contributed by atoms with E-state index in [4.69, 9.17) is 11.6 Å². The molecule has 0 atom stereocenters. The van der Waals surface area contributed by atoms with Crippen LogP contribution in [0.2, 0.25) is 4.34 Å². The summed E-state index contributed by atoms with van der Waals surface area (Å²) in [6.45, 7) is 1.53. The number of hydrogen-bond acceptors (Lipinski definition) is 2. The molecule has 0 aliphatic carbocycles. The van der Waals surface area contributed by atoms with Crippen LogP contribution in [0.15, 0.2) is 36.4 Å². The van der Waals surface area contributed by atoms with E-state index in [0.717, 1.165) is 12.1 Å². The second kappa shape index (κ2) is 6.88. The molecule has 0 aliphatic heterocycles. The van der Waals surface area contributed by atoms with Crippen molar-refractivity contribution in [1.29, 1.82) is 0 Å². The minimum Gasteiger partial charge on any atom is -0.347 e. The number of benzene rings is 1. The van der Waals surface area contributed by atoms with Crippen LogP contribution in [-0.4, -0.2) is 20.0 Å². The van der Waals surface area contributed by atoms with Crippen LogP contribution in [0.1, 0.15) is 20.8 Å². The van der Waals surface area contributed by atoms with Gasteiger partial charge in [0.05, 0.1) is 23.3 Å². The van der Waals surface area contributed by atoms with Crippen molar-refractivity contribution in [3.05, 3.63) is 56.7 Å².